The van der Waals surface area contributed by atoms with Gasteiger partial charge in [-0.2, -0.15) is 0 Å². The van der Waals surface area contributed by atoms with Gasteiger partial charge in [-0.25, -0.2) is 0 Å². The minimum atomic E-state index is -0.981. The third-order valence-electron chi connectivity index (χ3n) is 3.57. The SMILES string of the molecule is CCCCCCCCO[C@H]1[C@H](O)[C@@H](O)CO[C@@H]1CO. The van der Waals surface area contributed by atoms with Crippen molar-refractivity contribution in [3.05, 3.63) is 0 Å². The maximum atomic E-state index is 9.85. The van der Waals surface area contributed by atoms with Crippen LogP contribution in [0.2, 0.25) is 0 Å². The summed E-state index contributed by atoms with van der Waals surface area (Å²) in [6.45, 7) is 2.56. The van der Waals surface area contributed by atoms with Gasteiger partial charge in [0.15, 0.2) is 0 Å². The molecule has 0 spiro atoms. The van der Waals surface area contributed by atoms with E-state index in [0.29, 0.717) is 6.61 Å². The van der Waals surface area contributed by atoms with Gasteiger partial charge >= 0.3 is 0 Å². The van der Waals surface area contributed by atoms with Crippen molar-refractivity contribution >= 4 is 0 Å². The van der Waals surface area contributed by atoms with Crippen LogP contribution in [-0.2, 0) is 9.47 Å². The highest BCUT2D eigenvalue weighted by Gasteiger charge is 2.39. The first-order valence-electron chi connectivity index (χ1n) is 7.40. The molecule has 5 nitrogen and oxygen atoms in total. The Balaban J connectivity index is 2.17. The molecule has 0 unspecified atom stereocenters. The highest BCUT2D eigenvalue weighted by molar-refractivity contribution is 4.87. The number of aliphatic hydroxyl groups excluding tert-OH is 3. The third kappa shape index (κ3) is 5.75. The molecule has 0 radical (unpaired) electrons. The van der Waals surface area contributed by atoms with Gasteiger partial charge in [0.1, 0.15) is 24.4 Å². The lowest BCUT2D eigenvalue weighted by Gasteiger charge is -2.37. The van der Waals surface area contributed by atoms with Gasteiger partial charge in [-0.15, -0.1) is 0 Å². The van der Waals surface area contributed by atoms with E-state index in [9.17, 15) is 10.2 Å². The number of ether oxygens (including phenoxy) is 2. The molecule has 1 heterocycles. The average molecular weight is 276 g/mol. The fourth-order valence-electron chi connectivity index (χ4n) is 2.32. The normalized spacial score (nSPS) is 31.6. The molecule has 1 rings (SSSR count). The molecular formula is C14H28O5. The summed E-state index contributed by atoms with van der Waals surface area (Å²) < 4.78 is 10.8. The Morgan fingerprint density at radius 3 is 2.47 bits per heavy atom. The van der Waals surface area contributed by atoms with Crippen LogP contribution in [0.4, 0.5) is 0 Å². The van der Waals surface area contributed by atoms with Crippen LogP contribution < -0.4 is 0 Å². The molecule has 114 valence electrons. The molecule has 1 saturated heterocycles. The summed E-state index contributed by atoms with van der Waals surface area (Å²) in [7, 11) is 0. The van der Waals surface area contributed by atoms with Gasteiger partial charge in [0.2, 0.25) is 0 Å². The summed E-state index contributed by atoms with van der Waals surface area (Å²) in [5, 5.41) is 28.5. The Morgan fingerprint density at radius 2 is 1.79 bits per heavy atom. The molecule has 4 atom stereocenters. The summed E-state index contributed by atoms with van der Waals surface area (Å²) >= 11 is 0. The smallest absolute Gasteiger partial charge is 0.114 e. The van der Waals surface area contributed by atoms with Crippen LogP contribution in [0.5, 0.6) is 0 Å². The molecule has 19 heavy (non-hydrogen) atoms. The fourth-order valence-corrected chi connectivity index (χ4v) is 2.32. The van der Waals surface area contributed by atoms with E-state index in [1.54, 1.807) is 0 Å². The monoisotopic (exact) mass is 276 g/mol. The van der Waals surface area contributed by atoms with E-state index >= 15 is 0 Å². The average Bonchev–Trinajstić information content (AvgIpc) is 2.42. The van der Waals surface area contributed by atoms with Crippen LogP contribution in [0.3, 0.4) is 0 Å². The van der Waals surface area contributed by atoms with Gasteiger partial charge in [0.25, 0.3) is 0 Å². The standard InChI is InChI=1S/C14H28O5/c1-2-3-4-5-6-7-8-18-14-12(9-15)19-10-11(16)13(14)17/h11-17H,2-10H2,1H3/t11-,12+,13+,14+/m0/s1. The molecule has 0 aromatic rings. The van der Waals surface area contributed by atoms with E-state index in [-0.39, 0.29) is 13.2 Å². The third-order valence-corrected chi connectivity index (χ3v) is 3.57. The van der Waals surface area contributed by atoms with Crippen molar-refractivity contribution in [2.45, 2.75) is 69.9 Å². The molecule has 0 saturated carbocycles. The highest BCUT2D eigenvalue weighted by atomic mass is 16.6. The van der Waals surface area contributed by atoms with Crippen molar-refractivity contribution in [1.82, 2.24) is 0 Å². The molecule has 3 N–H and O–H groups in total. The number of hydrogen-bond acceptors (Lipinski definition) is 5. The Morgan fingerprint density at radius 1 is 1.11 bits per heavy atom. The molecule has 1 aliphatic heterocycles. The van der Waals surface area contributed by atoms with Crippen molar-refractivity contribution < 1.29 is 24.8 Å². The van der Waals surface area contributed by atoms with E-state index in [1.807, 2.05) is 0 Å². The Labute approximate surface area is 115 Å². The zero-order valence-electron chi connectivity index (χ0n) is 11.8. The second-order valence-corrected chi connectivity index (χ2v) is 5.22. The molecule has 1 aliphatic rings. The molecule has 0 bridgehead atoms. The quantitative estimate of drug-likeness (QED) is 0.544. The first-order chi connectivity index (χ1) is 9.20. The molecule has 0 aromatic heterocycles. The summed E-state index contributed by atoms with van der Waals surface area (Å²) in [6, 6.07) is 0. The van der Waals surface area contributed by atoms with Gasteiger partial charge in [0.05, 0.1) is 13.2 Å². The van der Waals surface area contributed by atoms with Crippen molar-refractivity contribution in [1.29, 1.82) is 0 Å². The topological polar surface area (TPSA) is 79.2 Å². The molecule has 0 aromatic carbocycles. The minimum Gasteiger partial charge on any atom is -0.394 e. The van der Waals surface area contributed by atoms with Gasteiger partial charge in [-0.1, -0.05) is 39.0 Å². The van der Waals surface area contributed by atoms with Crippen molar-refractivity contribution in [2.24, 2.45) is 0 Å². The first kappa shape index (κ1) is 16.9. The van der Waals surface area contributed by atoms with E-state index in [4.69, 9.17) is 14.6 Å². The Kier molecular flexibility index (Phi) is 8.57. The zero-order valence-corrected chi connectivity index (χ0v) is 11.8. The van der Waals surface area contributed by atoms with Gasteiger partial charge in [-0.05, 0) is 6.42 Å². The van der Waals surface area contributed by atoms with Gasteiger partial charge in [0, 0.05) is 6.61 Å². The summed E-state index contributed by atoms with van der Waals surface area (Å²) in [4.78, 5) is 0. The maximum Gasteiger partial charge on any atom is 0.114 e. The van der Waals surface area contributed by atoms with Gasteiger partial charge < -0.3 is 24.8 Å². The molecule has 0 aliphatic carbocycles. The second kappa shape index (κ2) is 9.66. The summed E-state index contributed by atoms with van der Waals surface area (Å²) in [5.74, 6) is 0. The predicted octanol–water partition coefficient (Wildman–Crippen LogP) is 0.845. The van der Waals surface area contributed by atoms with Crippen LogP contribution in [0, 0.1) is 0 Å². The largest absolute Gasteiger partial charge is 0.394 e. The predicted molar refractivity (Wildman–Crippen MR) is 72.0 cm³/mol. The van der Waals surface area contributed by atoms with Crippen molar-refractivity contribution in [2.75, 3.05) is 19.8 Å². The van der Waals surface area contributed by atoms with Crippen molar-refractivity contribution in [3.63, 3.8) is 0 Å². The van der Waals surface area contributed by atoms with E-state index in [2.05, 4.69) is 6.92 Å². The number of unbranched alkanes of at least 4 members (excludes halogenated alkanes) is 5. The van der Waals surface area contributed by atoms with Crippen LogP contribution in [0.25, 0.3) is 0 Å². The fraction of sp³-hybridized carbons (Fsp3) is 1.00. The van der Waals surface area contributed by atoms with Crippen LogP contribution in [0.15, 0.2) is 0 Å². The summed E-state index contributed by atoms with van der Waals surface area (Å²) in [5.41, 5.74) is 0. The van der Waals surface area contributed by atoms with E-state index < -0.39 is 24.4 Å². The van der Waals surface area contributed by atoms with Crippen LogP contribution >= 0.6 is 0 Å². The first-order valence-corrected chi connectivity index (χ1v) is 7.40. The Bertz CT molecular complexity index is 222. The van der Waals surface area contributed by atoms with Crippen molar-refractivity contribution in [3.8, 4) is 0 Å². The minimum absolute atomic E-state index is 0.0449. The molecule has 1 fully saturated rings. The number of aliphatic hydroxyl groups is 3. The number of hydrogen-bond donors (Lipinski definition) is 3. The van der Waals surface area contributed by atoms with Crippen LogP contribution in [-0.4, -0.2) is 59.6 Å². The van der Waals surface area contributed by atoms with Crippen LogP contribution in [0.1, 0.15) is 45.4 Å². The molecule has 0 amide bonds. The van der Waals surface area contributed by atoms with Gasteiger partial charge in [-0.3, -0.25) is 0 Å². The zero-order chi connectivity index (χ0) is 14.1. The number of rotatable bonds is 9. The maximum absolute atomic E-state index is 9.85. The lowest BCUT2D eigenvalue weighted by molar-refractivity contribution is -0.211. The summed E-state index contributed by atoms with van der Waals surface area (Å²) in [6.07, 6.45) is 3.91. The lowest BCUT2D eigenvalue weighted by Crippen LogP contribution is -2.55. The molecular weight excluding hydrogens is 248 g/mol. The lowest BCUT2D eigenvalue weighted by atomic mass is 10.0. The van der Waals surface area contributed by atoms with E-state index in [0.717, 1.165) is 12.8 Å². The highest BCUT2D eigenvalue weighted by Crippen LogP contribution is 2.19. The van der Waals surface area contributed by atoms with E-state index in [1.165, 1.54) is 25.7 Å². The molecule has 5 heteroatoms. The Hall–Kier alpha value is -0.200. The second-order valence-electron chi connectivity index (χ2n) is 5.22.